The maximum Gasteiger partial charge on any atom is 0.145 e. The highest BCUT2D eigenvalue weighted by Crippen LogP contribution is 2.33. The molecule has 0 aliphatic rings. The van der Waals surface area contributed by atoms with Gasteiger partial charge in [-0.2, -0.15) is 5.26 Å². The molecular formula is C16H14ClNO. The van der Waals surface area contributed by atoms with Crippen molar-refractivity contribution in [3.05, 3.63) is 58.6 Å². The summed E-state index contributed by atoms with van der Waals surface area (Å²) in [5, 5.41) is 9.75. The Hall–Kier alpha value is -1.98. The molecule has 0 radical (unpaired) electrons. The molecule has 0 N–H and O–H groups in total. The maximum absolute atomic E-state index is 9.07. The van der Waals surface area contributed by atoms with Crippen molar-refractivity contribution in [3.8, 4) is 17.6 Å². The van der Waals surface area contributed by atoms with Gasteiger partial charge in [-0.3, -0.25) is 0 Å². The van der Waals surface area contributed by atoms with E-state index < -0.39 is 0 Å². The van der Waals surface area contributed by atoms with Crippen LogP contribution in [-0.4, -0.2) is 0 Å². The lowest BCUT2D eigenvalue weighted by molar-refractivity contribution is 0.471. The number of rotatable bonds is 3. The minimum Gasteiger partial charge on any atom is -0.456 e. The normalized spacial score (nSPS) is 10.3. The molecule has 0 fully saturated rings. The van der Waals surface area contributed by atoms with Gasteiger partial charge in [0.15, 0.2) is 0 Å². The molecule has 0 aromatic heterocycles. The molecule has 0 atom stereocenters. The van der Waals surface area contributed by atoms with E-state index in [9.17, 15) is 0 Å². The van der Waals surface area contributed by atoms with Crippen LogP contribution in [0.3, 0.4) is 0 Å². The molecule has 0 bridgehead atoms. The van der Waals surface area contributed by atoms with Crippen molar-refractivity contribution in [3.63, 3.8) is 0 Å². The molecule has 0 saturated carbocycles. The number of nitrogens with zero attached hydrogens (tertiary/aromatic N) is 1. The van der Waals surface area contributed by atoms with Gasteiger partial charge >= 0.3 is 0 Å². The summed E-state index contributed by atoms with van der Waals surface area (Å²) in [6.07, 6.45) is 0. The van der Waals surface area contributed by atoms with Gasteiger partial charge in [-0.25, -0.2) is 0 Å². The summed E-state index contributed by atoms with van der Waals surface area (Å²) in [6, 6.07) is 14.8. The molecule has 96 valence electrons. The van der Waals surface area contributed by atoms with E-state index in [1.54, 1.807) is 18.2 Å². The van der Waals surface area contributed by atoms with E-state index in [1.165, 1.54) is 0 Å². The smallest absolute Gasteiger partial charge is 0.145 e. The van der Waals surface area contributed by atoms with Crippen molar-refractivity contribution < 1.29 is 4.74 Å². The molecule has 0 aliphatic carbocycles. The zero-order valence-corrected chi connectivity index (χ0v) is 11.6. The van der Waals surface area contributed by atoms with Gasteiger partial charge in [0.05, 0.1) is 5.56 Å². The van der Waals surface area contributed by atoms with Crippen molar-refractivity contribution in [1.82, 2.24) is 0 Å². The molecule has 0 heterocycles. The minimum absolute atomic E-state index is 0.294. The monoisotopic (exact) mass is 271 g/mol. The van der Waals surface area contributed by atoms with Crippen LogP contribution in [0.1, 0.15) is 30.9 Å². The van der Waals surface area contributed by atoms with E-state index in [0.29, 0.717) is 22.3 Å². The summed E-state index contributed by atoms with van der Waals surface area (Å²) in [4.78, 5) is 0. The second kappa shape index (κ2) is 5.77. The predicted octanol–water partition coefficient (Wildman–Crippen LogP) is 5.13. The van der Waals surface area contributed by atoms with E-state index in [4.69, 9.17) is 21.6 Å². The van der Waals surface area contributed by atoms with Crippen molar-refractivity contribution in [1.29, 1.82) is 5.26 Å². The third kappa shape index (κ3) is 3.07. The van der Waals surface area contributed by atoms with Crippen molar-refractivity contribution in [2.45, 2.75) is 19.8 Å². The van der Waals surface area contributed by atoms with Crippen molar-refractivity contribution >= 4 is 11.6 Å². The van der Waals surface area contributed by atoms with Crippen LogP contribution in [0, 0.1) is 11.3 Å². The Morgan fingerprint density at radius 2 is 1.84 bits per heavy atom. The lowest BCUT2D eigenvalue weighted by Gasteiger charge is -2.14. The van der Waals surface area contributed by atoms with E-state index >= 15 is 0 Å². The number of para-hydroxylation sites is 1. The number of ether oxygens (including phenoxy) is 1. The molecule has 0 spiro atoms. The van der Waals surface area contributed by atoms with Crippen LogP contribution in [0.2, 0.25) is 5.02 Å². The highest BCUT2D eigenvalue weighted by atomic mass is 35.5. The fraction of sp³-hybridized carbons (Fsp3) is 0.188. The number of halogens is 1. The van der Waals surface area contributed by atoms with E-state index in [0.717, 1.165) is 11.3 Å². The topological polar surface area (TPSA) is 33.0 Å². The maximum atomic E-state index is 9.07. The van der Waals surface area contributed by atoms with Gasteiger partial charge in [0.1, 0.15) is 17.6 Å². The fourth-order valence-corrected chi connectivity index (χ4v) is 2.01. The Morgan fingerprint density at radius 3 is 2.53 bits per heavy atom. The molecular weight excluding hydrogens is 258 g/mol. The second-order valence-electron chi connectivity index (χ2n) is 4.55. The van der Waals surface area contributed by atoms with Crippen LogP contribution in [0.5, 0.6) is 11.5 Å². The molecule has 0 saturated heterocycles. The summed E-state index contributed by atoms with van der Waals surface area (Å²) in [7, 11) is 0. The molecule has 3 heteroatoms. The van der Waals surface area contributed by atoms with Crippen LogP contribution in [-0.2, 0) is 0 Å². The summed E-state index contributed by atoms with van der Waals surface area (Å²) in [5.41, 5.74) is 1.55. The Kier molecular flexibility index (Phi) is 4.09. The summed E-state index contributed by atoms with van der Waals surface area (Å²) >= 11 is 6.01. The van der Waals surface area contributed by atoms with Crippen LogP contribution in [0.25, 0.3) is 0 Å². The first-order valence-corrected chi connectivity index (χ1v) is 6.46. The first kappa shape index (κ1) is 13.5. The average molecular weight is 272 g/mol. The number of hydrogen-bond donors (Lipinski definition) is 0. The number of benzene rings is 2. The zero-order valence-electron chi connectivity index (χ0n) is 10.9. The van der Waals surface area contributed by atoms with Gasteiger partial charge in [-0.15, -0.1) is 0 Å². The van der Waals surface area contributed by atoms with Crippen molar-refractivity contribution in [2.24, 2.45) is 0 Å². The number of hydrogen-bond acceptors (Lipinski definition) is 2. The van der Waals surface area contributed by atoms with Crippen LogP contribution >= 0.6 is 11.6 Å². The standard InChI is InChI=1S/C16H14ClNO/c1-11(2)14-9-13(17)7-8-16(14)19-15-6-4-3-5-12(15)10-18/h3-9,11H,1-2H3. The van der Waals surface area contributed by atoms with E-state index in [-0.39, 0.29) is 0 Å². The van der Waals surface area contributed by atoms with Gasteiger partial charge in [-0.1, -0.05) is 37.6 Å². The van der Waals surface area contributed by atoms with Crippen LogP contribution in [0.15, 0.2) is 42.5 Å². The molecule has 2 aromatic carbocycles. The Morgan fingerprint density at radius 1 is 1.11 bits per heavy atom. The first-order chi connectivity index (χ1) is 9.11. The van der Waals surface area contributed by atoms with Crippen LogP contribution < -0.4 is 4.74 Å². The Bertz CT molecular complexity index is 629. The van der Waals surface area contributed by atoms with E-state index in [1.807, 2.05) is 24.3 Å². The Balaban J connectivity index is 2.41. The minimum atomic E-state index is 0.294. The molecule has 0 unspecified atom stereocenters. The largest absolute Gasteiger partial charge is 0.456 e. The quantitative estimate of drug-likeness (QED) is 0.775. The van der Waals surface area contributed by atoms with Gasteiger partial charge < -0.3 is 4.74 Å². The van der Waals surface area contributed by atoms with Crippen LogP contribution in [0.4, 0.5) is 0 Å². The molecule has 19 heavy (non-hydrogen) atoms. The molecule has 0 amide bonds. The SMILES string of the molecule is CC(C)c1cc(Cl)ccc1Oc1ccccc1C#N. The predicted molar refractivity (Wildman–Crippen MR) is 76.8 cm³/mol. The Labute approximate surface area is 118 Å². The lowest BCUT2D eigenvalue weighted by atomic mass is 10.0. The zero-order chi connectivity index (χ0) is 13.8. The number of nitriles is 1. The summed E-state index contributed by atoms with van der Waals surface area (Å²) in [6.45, 7) is 4.16. The summed E-state index contributed by atoms with van der Waals surface area (Å²) in [5.74, 6) is 1.60. The molecule has 2 aromatic rings. The molecule has 2 rings (SSSR count). The lowest BCUT2D eigenvalue weighted by Crippen LogP contribution is -1.95. The summed E-state index contributed by atoms with van der Waals surface area (Å²) < 4.78 is 5.87. The second-order valence-corrected chi connectivity index (χ2v) is 4.98. The van der Waals surface area contributed by atoms with Gasteiger partial charge in [0.2, 0.25) is 0 Å². The van der Waals surface area contributed by atoms with Gasteiger partial charge in [0, 0.05) is 5.02 Å². The van der Waals surface area contributed by atoms with Crippen molar-refractivity contribution in [2.75, 3.05) is 0 Å². The van der Waals surface area contributed by atoms with Gasteiger partial charge in [-0.05, 0) is 41.8 Å². The van der Waals surface area contributed by atoms with Gasteiger partial charge in [0.25, 0.3) is 0 Å². The molecule has 2 nitrogen and oxygen atoms in total. The third-order valence-electron chi connectivity index (χ3n) is 2.82. The average Bonchev–Trinajstić information content (AvgIpc) is 2.41. The first-order valence-electron chi connectivity index (χ1n) is 6.08. The highest BCUT2D eigenvalue weighted by Gasteiger charge is 2.11. The highest BCUT2D eigenvalue weighted by molar-refractivity contribution is 6.30. The molecule has 0 aliphatic heterocycles. The van der Waals surface area contributed by atoms with E-state index in [2.05, 4.69) is 19.9 Å². The fourth-order valence-electron chi connectivity index (χ4n) is 1.83. The third-order valence-corrected chi connectivity index (χ3v) is 3.06.